The van der Waals surface area contributed by atoms with Gasteiger partial charge in [0, 0.05) is 19.6 Å². The van der Waals surface area contributed by atoms with Gasteiger partial charge in [-0.2, -0.15) is 0 Å². The predicted molar refractivity (Wildman–Crippen MR) is 110 cm³/mol. The van der Waals surface area contributed by atoms with Crippen molar-refractivity contribution in [1.82, 2.24) is 15.5 Å². The third kappa shape index (κ3) is 5.69. The van der Waals surface area contributed by atoms with Gasteiger partial charge in [-0.3, -0.25) is 9.59 Å². The van der Waals surface area contributed by atoms with Crippen molar-refractivity contribution >= 4 is 24.2 Å². The lowest BCUT2D eigenvalue weighted by Gasteiger charge is -2.34. The molecule has 0 bridgehead atoms. The molecule has 0 saturated carbocycles. The largest absolute Gasteiger partial charge is 0.354 e. The van der Waals surface area contributed by atoms with Crippen LogP contribution in [0.5, 0.6) is 0 Å². The van der Waals surface area contributed by atoms with Gasteiger partial charge in [-0.1, -0.05) is 29.8 Å². The Morgan fingerprint density at radius 1 is 1.30 bits per heavy atom. The minimum absolute atomic E-state index is 0. The van der Waals surface area contributed by atoms with Crippen molar-refractivity contribution in [1.29, 1.82) is 0 Å². The molecule has 0 radical (unpaired) electrons. The third-order valence-electron chi connectivity index (χ3n) is 5.68. The summed E-state index contributed by atoms with van der Waals surface area (Å²) in [6.45, 7) is 7.21. The van der Waals surface area contributed by atoms with Crippen LogP contribution < -0.4 is 10.6 Å². The summed E-state index contributed by atoms with van der Waals surface area (Å²) in [5.74, 6) is 0.539. The van der Waals surface area contributed by atoms with Gasteiger partial charge < -0.3 is 15.5 Å². The average Bonchev–Trinajstić information content (AvgIpc) is 3.20. The Balaban J connectivity index is 0.00000261. The maximum atomic E-state index is 12.9. The number of carbonyl (C=O) groups is 2. The van der Waals surface area contributed by atoms with E-state index >= 15 is 0 Å². The number of carbonyl (C=O) groups excluding carboxylic acids is 2. The van der Waals surface area contributed by atoms with Crippen LogP contribution >= 0.6 is 12.4 Å². The summed E-state index contributed by atoms with van der Waals surface area (Å²) in [7, 11) is 0. The summed E-state index contributed by atoms with van der Waals surface area (Å²) in [6, 6.07) is 8.17. The Bertz CT molecular complexity index is 646. The summed E-state index contributed by atoms with van der Waals surface area (Å²) in [6.07, 6.45) is 4.07. The Morgan fingerprint density at radius 2 is 2.11 bits per heavy atom. The van der Waals surface area contributed by atoms with Crippen molar-refractivity contribution in [2.45, 2.75) is 51.5 Å². The van der Waals surface area contributed by atoms with E-state index in [1.165, 1.54) is 5.56 Å². The Morgan fingerprint density at radius 3 is 2.81 bits per heavy atom. The van der Waals surface area contributed by atoms with Gasteiger partial charge in [-0.25, -0.2) is 0 Å². The van der Waals surface area contributed by atoms with E-state index in [0.717, 1.165) is 50.9 Å². The monoisotopic (exact) mass is 393 g/mol. The second kappa shape index (κ2) is 10.1. The molecule has 2 fully saturated rings. The van der Waals surface area contributed by atoms with Crippen molar-refractivity contribution in [2.24, 2.45) is 5.92 Å². The van der Waals surface area contributed by atoms with Crippen molar-refractivity contribution < 1.29 is 9.59 Å². The average molecular weight is 394 g/mol. The fourth-order valence-corrected chi connectivity index (χ4v) is 4.06. The van der Waals surface area contributed by atoms with Gasteiger partial charge in [0.25, 0.3) is 0 Å². The molecule has 0 aliphatic carbocycles. The first-order chi connectivity index (χ1) is 12.5. The molecule has 6 heteroatoms. The highest BCUT2D eigenvalue weighted by Crippen LogP contribution is 2.23. The molecule has 2 heterocycles. The van der Waals surface area contributed by atoms with E-state index in [0.29, 0.717) is 12.5 Å². The summed E-state index contributed by atoms with van der Waals surface area (Å²) in [4.78, 5) is 27.1. The molecule has 0 spiro atoms. The molecule has 3 atom stereocenters. The highest BCUT2D eigenvalue weighted by molar-refractivity contribution is 5.85. The zero-order valence-corrected chi connectivity index (χ0v) is 17.2. The molecule has 1 aromatic carbocycles. The number of aryl methyl sites for hydroxylation is 1. The summed E-state index contributed by atoms with van der Waals surface area (Å²) >= 11 is 0. The van der Waals surface area contributed by atoms with Gasteiger partial charge in [-0.15, -0.1) is 12.4 Å². The summed E-state index contributed by atoms with van der Waals surface area (Å²) in [5, 5.41) is 6.31. The molecule has 1 aromatic rings. The Kier molecular flexibility index (Phi) is 8.11. The molecule has 2 aliphatic rings. The van der Waals surface area contributed by atoms with Crippen LogP contribution in [0.15, 0.2) is 24.3 Å². The molecule has 3 rings (SSSR count). The molecule has 150 valence electrons. The number of nitrogens with one attached hydrogen (secondary N) is 2. The molecule has 27 heavy (non-hydrogen) atoms. The van der Waals surface area contributed by atoms with Crippen molar-refractivity contribution in [2.75, 3.05) is 26.2 Å². The summed E-state index contributed by atoms with van der Waals surface area (Å²) in [5.41, 5.74) is 2.26. The van der Waals surface area contributed by atoms with Gasteiger partial charge in [0.15, 0.2) is 0 Å². The van der Waals surface area contributed by atoms with Gasteiger partial charge in [0.1, 0.15) is 0 Å². The van der Waals surface area contributed by atoms with E-state index < -0.39 is 0 Å². The second-order valence-corrected chi connectivity index (χ2v) is 7.82. The number of halogens is 1. The molecule has 5 nitrogen and oxygen atoms in total. The van der Waals surface area contributed by atoms with Crippen LogP contribution in [0.25, 0.3) is 0 Å². The fraction of sp³-hybridized carbons (Fsp3) is 0.619. The number of benzene rings is 1. The van der Waals surface area contributed by atoms with Gasteiger partial charge in [-0.05, 0) is 57.6 Å². The van der Waals surface area contributed by atoms with E-state index in [-0.39, 0.29) is 36.2 Å². The maximum absolute atomic E-state index is 12.9. The van der Waals surface area contributed by atoms with E-state index in [4.69, 9.17) is 0 Å². The number of rotatable bonds is 5. The van der Waals surface area contributed by atoms with Crippen LogP contribution in [0.3, 0.4) is 0 Å². The number of likely N-dealkylation sites (tertiary alicyclic amines) is 1. The lowest BCUT2D eigenvalue weighted by molar-refractivity contribution is -0.134. The van der Waals surface area contributed by atoms with Crippen molar-refractivity contribution in [3.8, 4) is 0 Å². The fourth-order valence-electron chi connectivity index (χ4n) is 4.06. The van der Waals surface area contributed by atoms with E-state index in [1.807, 2.05) is 24.0 Å². The van der Waals surface area contributed by atoms with Crippen LogP contribution in [-0.4, -0.2) is 48.9 Å². The molecular formula is C21H32ClN3O2. The maximum Gasteiger partial charge on any atom is 0.237 e. The van der Waals surface area contributed by atoms with Crippen LogP contribution in [0.2, 0.25) is 0 Å². The van der Waals surface area contributed by atoms with Gasteiger partial charge in [0.2, 0.25) is 11.8 Å². The number of hydrogen-bond donors (Lipinski definition) is 2. The first-order valence-electron chi connectivity index (χ1n) is 9.91. The van der Waals surface area contributed by atoms with Crippen LogP contribution in [0.1, 0.15) is 49.7 Å². The smallest absolute Gasteiger partial charge is 0.237 e. The van der Waals surface area contributed by atoms with E-state index in [9.17, 15) is 9.59 Å². The lowest BCUT2D eigenvalue weighted by atomic mass is 9.94. The lowest BCUT2D eigenvalue weighted by Crippen LogP contribution is -2.47. The Hall–Kier alpha value is -1.59. The second-order valence-electron chi connectivity index (χ2n) is 7.82. The zero-order chi connectivity index (χ0) is 18.5. The SMILES string of the molecule is Cc1cccc(C(C)C(=O)N2CCCC(CNC(=O)C3CCCN3)C2)c1.Cl. The van der Waals surface area contributed by atoms with Crippen molar-refractivity contribution in [3.05, 3.63) is 35.4 Å². The van der Waals surface area contributed by atoms with Gasteiger partial charge >= 0.3 is 0 Å². The number of nitrogens with zero attached hydrogens (tertiary/aromatic N) is 1. The number of amides is 2. The highest BCUT2D eigenvalue weighted by Gasteiger charge is 2.28. The van der Waals surface area contributed by atoms with Crippen LogP contribution in [-0.2, 0) is 9.59 Å². The Labute approximate surface area is 168 Å². The topological polar surface area (TPSA) is 61.4 Å². The molecule has 2 N–H and O–H groups in total. The normalized spacial score (nSPS) is 23.4. The molecule has 2 saturated heterocycles. The molecule has 3 unspecified atom stereocenters. The van der Waals surface area contributed by atoms with E-state index in [2.05, 4.69) is 29.7 Å². The van der Waals surface area contributed by atoms with Gasteiger partial charge in [0.05, 0.1) is 12.0 Å². The highest BCUT2D eigenvalue weighted by atomic mass is 35.5. The zero-order valence-electron chi connectivity index (χ0n) is 16.4. The minimum atomic E-state index is -0.120. The predicted octanol–water partition coefficient (Wildman–Crippen LogP) is 2.63. The first-order valence-corrected chi connectivity index (χ1v) is 9.91. The standard InChI is InChI=1S/C21H31N3O2.ClH/c1-15-6-3-8-18(12-15)16(2)21(26)24-11-5-7-17(14-24)13-23-20(25)19-9-4-10-22-19;/h3,6,8,12,16-17,19,22H,4-5,7,9-11,13-14H2,1-2H3,(H,23,25);1H. The first kappa shape index (κ1) is 21.7. The van der Waals surface area contributed by atoms with Crippen LogP contribution in [0, 0.1) is 12.8 Å². The quantitative estimate of drug-likeness (QED) is 0.808. The van der Waals surface area contributed by atoms with Crippen molar-refractivity contribution in [3.63, 3.8) is 0 Å². The number of hydrogen-bond acceptors (Lipinski definition) is 3. The molecule has 2 aliphatic heterocycles. The minimum Gasteiger partial charge on any atom is -0.354 e. The molecule has 0 aromatic heterocycles. The molecular weight excluding hydrogens is 362 g/mol. The number of piperidine rings is 1. The van der Waals surface area contributed by atoms with Crippen LogP contribution in [0.4, 0.5) is 0 Å². The summed E-state index contributed by atoms with van der Waals surface area (Å²) < 4.78 is 0. The van der Waals surface area contributed by atoms with E-state index in [1.54, 1.807) is 0 Å². The molecule has 2 amide bonds. The third-order valence-corrected chi connectivity index (χ3v) is 5.68.